The summed E-state index contributed by atoms with van der Waals surface area (Å²) in [4.78, 5) is -0.0655. The average molecular weight is 350 g/mol. The number of aromatic nitrogens is 4. The number of benzene rings is 1. The van der Waals surface area contributed by atoms with Crippen molar-refractivity contribution in [2.24, 2.45) is 0 Å². The molecular formula is C9H9BrFN5O2S. The lowest BCUT2D eigenvalue weighted by Gasteiger charge is -2.12. The van der Waals surface area contributed by atoms with Crippen molar-refractivity contribution >= 4 is 26.0 Å². The average Bonchev–Trinajstić information content (AvgIpc) is 2.80. The Morgan fingerprint density at radius 3 is 2.79 bits per heavy atom. The Bertz CT molecular complexity index is 676. The number of hydrogen-bond donors (Lipinski definition) is 2. The van der Waals surface area contributed by atoms with Crippen molar-refractivity contribution in [1.29, 1.82) is 0 Å². The van der Waals surface area contributed by atoms with Crippen molar-refractivity contribution in [2.45, 2.75) is 17.9 Å². The molecule has 0 spiro atoms. The topological polar surface area (TPSA) is 101 Å². The first-order chi connectivity index (χ1) is 8.90. The third kappa shape index (κ3) is 3.14. The smallest absolute Gasteiger partial charge is 0.207 e. The summed E-state index contributed by atoms with van der Waals surface area (Å²) in [5.41, 5.74) is 0. The molecule has 19 heavy (non-hydrogen) atoms. The lowest BCUT2D eigenvalue weighted by Crippen LogP contribution is -2.28. The van der Waals surface area contributed by atoms with E-state index in [0.29, 0.717) is 0 Å². The molecule has 0 fully saturated rings. The van der Waals surface area contributed by atoms with E-state index in [0.717, 1.165) is 12.1 Å². The second-order valence-electron chi connectivity index (χ2n) is 3.69. The largest absolute Gasteiger partial charge is 0.242 e. The molecule has 10 heteroatoms. The summed E-state index contributed by atoms with van der Waals surface area (Å²) in [6, 6.07) is 2.65. The number of nitrogens with zero attached hydrogens (tertiary/aromatic N) is 3. The van der Waals surface area contributed by atoms with E-state index < -0.39 is 21.9 Å². The fourth-order valence-electron chi connectivity index (χ4n) is 1.40. The van der Waals surface area contributed by atoms with Gasteiger partial charge in [0.15, 0.2) is 5.82 Å². The second kappa shape index (κ2) is 5.31. The van der Waals surface area contributed by atoms with E-state index in [1.807, 2.05) is 0 Å². The van der Waals surface area contributed by atoms with Gasteiger partial charge < -0.3 is 0 Å². The first-order valence-electron chi connectivity index (χ1n) is 5.11. The van der Waals surface area contributed by atoms with Gasteiger partial charge in [-0.05, 0) is 41.1 Å². The van der Waals surface area contributed by atoms with Gasteiger partial charge in [0, 0.05) is 4.47 Å². The van der Waals surface area contributed by atoms with Gasteiger partial charge in [0.1, 0.15) is 5.82 Å². The van der Waals surface area contributed by atoms with Crippen LogP contribution in [0.15, 0.2) is 27.6 Å². The van der Waals surface area contributed by atoms with Crippen LogP contribution in [0.25, 0.3) is 0 Å². The number of sulfonamides is 1. The Labute approximate surface area is 116 Å². The molecule has 0 saturated heterocycles. The van der Waals surface area contributed by atoms with E-state index in [2.05, 4.69) is 41.3 Å². The van der Waals surface area contributed by atoms with Crippen LogP contribution in [0.2, 0.25) is 0 Å². The van der Waals surface area contributed by atoms with Gasteiger partial charge in [-0.2, -0.15) is 5.21 Å². The highest BCUT2D eigenvalue weighted by atomic mass is 79.9. The lowest BCUT2D eigenvalue weighted by atomic mass is 10.3. The number of hydrogen-bond acceptors (Lipinski definition) is 5. The quantitative estimate of drug-likeness (QED) is 0.861. The second-order valence-corrected chi connectivity index (χ2v) is 6.22. The Morgan fingerprint density at radius 1 is 1.47 bits per heavy atom. The third-order valence-corrected chi connectivity index (χ3v) is 4.78. The van der Waals surface area contributed by atoms with Gasteiger partial charge >= 0.3 is 0 Å². The molecule has 0 aliphatic rings. The van der Waals surface area contributed by atoms with Gasteiger partial charge in [0.2, 0.25) is 10.0 Å². The molecule has 1 aromatic carbocycles. The summed E-state index contributed by atoms with van der Waals surface area (Å²) in [6.45, 7) is 1.57. The molecule has 1 atom stereocenters. The Kier molecular flexibility index (Phi) is 3.92. The van der Waals surface area contributed by atoms with Crippen molar-refractivity contribution < 1.29 is 12.8 Å². The summed E-state index contributed by atoms with van der Waals surface area (Å²) in [6.07, 6.45) is 0. The Hall–Kier alpha value is -1.39. The molecule has 1 heterocycles. The molecule has 1 aromatic heterocycles. The molecule has 0 bridgehead atoms. The van der Waals surface area contributed by atoms with Crippen LogP contribution in [-0.2, 0) is 10.0 Å². The Balaban J connectivity index is 2.28. The molecule has 0 aliphatic carbocycles. The first kappa shape index (κ1) is 14.0. The first-order valence-corrected chi connectivity index (χ1v) is 7.38. The van der Waals surface area contributed by atoms with Crippen LogP contribution in [0.4, 0.5) is 4.39 Å². The van der Waals surface area contributed by atoms with Crippen molar-refractivity contribution in [3.05, 3.63) is 34.3 Å². The zero-order valence-corrected chi connectivity index (χ0v) is 12.0. The Morgan fingerprint density at radius 2 is 2.21 bits per heavy atom. The highest BCUT2D eigenvalue weighted by molar-refractivity contribution is 9.10. The zero-order valence-electron chi connectivity index (χ0n) is 9.63. The highest BCUT2D eigenvalue weighted by Gasteiger charge is 2.23. The molecule has 0 radical (unpaired) electrons. The van der Waals surface area contributed by atoms with Crippen molar-refractivity contribution in [3.63, 3.8) is 0 Å². The zero-order chi connectivity index (χ0) is 14.0. The van der Waals surface area contributed by atoms with E-state index in [1.54, 1.807) is 6.92 Å². The van der Waals surface area contributed by atoms with Gasteiger partial charge in [0.05, 0.1) is 10.9 Å². The summed E-state index contributed by atoms with van der Waals surface area (Å²) in [5.74, 6) is -0.321. The minimum atomic E-state index is -3.82. The van der Waals surface area contributed by atoms with Crippen LogP contribution in [0.3, 0.4) is 0 Å². The van der Waals surface area contributed by atoms with Gasteiger partial charge in [-0.3, -0.25) is 0 Å². The van der Waals surface area contributed by atoms with Gasteiger partial charge in [-0.25, -0.2) is 17.5 Å². The number of H-pyrrole nitrogens is 1. The number of nitrogens with one attached hydrogen (secondary N) is 2. The van der Waals surface area contributed by atoms with E-state index in [-0.39, 0.29) is 15.2 Å². The molecule has 2 N–H and O–H groups in total. The van der Waals surface area contributed by atoms with Gasteiger partial charge in [-0.15, -0.1) is 10.2 Å². The van der Waals surface area contributed by atoms with Crippen molar-refractivity contribution in [1.82, 2.24) is 25.3 Å². The molecule has 7 nitrogen and oxygen atoms in total. The fraction of sp³-hybridized carbons (Fsp3) is 0.222. The van der Waals surface area contributed by atoms with Crippen LogP contribution in [0.5, 0.6) is 0 Å². The van der Waals surface area contributed by atoms with E-state index in [4.69, 9.17) is 0 Å². The van der Waals surface area contributed by atoms with Crippen LogP contribution in [-0.4, -0.2) is 29.0 Å². The lowest BCUT2D eigenvalue weighted by molar-refractivity contribution is 0.559. The normalized spacial score (nSPS) is 13.4. The van der Waals surface area contributed by atoms with E-state index in [9.17, 15) is 12.8 Å². The number of aromatic amines is 1. The van der Waals surface area contributed by atoms with Gasteiger partial charge in [-0.1, -0.05) is 5.21 Å². The monoisotopic (exact) mass is 349 g/mol. The molecule has 0 aliphatic heterocycles. The van der Waals surface area contributed by atoms with Crippen LogP contribution in [0, 0.1) is 5.82 Å². The molecule has 0 saturated carbocycles. The number of rotatable bonds is 4. The SMILES string of the molecule is CC(NS(=O)(=O)c1ccc(F)cc1Br)c1nn[nH]n1. The molecule has 0 amide bonds. The minimum absolute atomic E-state index is 0.0655. The predicted molar refractivity (Wildman–Crippen MR) is 67.0 cm³/mol. The maximum Gasteiger partial charge on any atom is 0.242 e. The molecule has 2 aromatic rings. The number of tetrazole rings is 1. The van der Waals surface area contributed by atoms with E-state index >= 15 is 0 Å². The summed E-state index contributed by atoms with van der Waals surface area (Å²) in [5, 5.41) is 12.9. The van der Waals surface area contributed by atoms with Crippen molar-refractivity contribution in [2.75, 3.05) is 0 Å². The standard InChI is InChI=1S/C9H9BrFN5O2S/c1-5(9-12-15-16-13-9)14-19(17,18)8-3-2-6(11)4-7(8)10/h2-5,14H,1H3,(H,12,13,15,16). The summed E-state index contributed by atoms with van der Waals surface area (Å²) >= 11 is 3.01. The molecular weight excluding hydrogens is 341 g/mol. The van der Waals surface area contributed by atoms with Gasteiger partial charge in [0.25, 0.3) is 0 Å². The third-order valence-electron chi connectivity index (χ3n) is 2.26. The van der Waals surface area contributed by atoms with Crippen LogP contribution >= 0.6 is 15.9 Å². The van der Waals surface area contributed by atoms with E-state index in [1.165, 1.54) is 6.07 Å². The summed E-state index contributed by atoms with van der Waals surface area (Å²) < 4.78 is 39.7. The number of halogens is 2. The maximum atomic E-state index is 12.9. The maximum absolute atomic E-state index is 12.9. The van der Waals surface area contributed by atoms with Crippen LogP contribution in [0.1, 0.15) is 18.8 Å². The minimum Gasteiger partial charge on any atom is -0.207 e. The van der Waals surface area contributed by atoms with Crippen molar-refractivity contribution in [3.8, 4) is 0 Å². The molecule has 2 rings (SSSR count). The predicted octanol–water partition coefficient (Wildman–Crippen LogP) is 1.14. The fourth-order valence-corrected chi connectivity index (χ4v) is 3.65. The molecule has 1 unspecified atom stereocenters. The van der Waals surface area contributed by atoms with Crippen LogP contribution < -0.4 is 4.72 Å². The summed E-state index contributed by atoms with van der Waals surface area (Å²) in [7, 11) is -3.82. The highest BCUT2D eigenvalue weighted by Crippen LogP contribution is 2.23. The molecule has 102 valence electrons.